The fourth-order valence-electron chi connectivity index (χ4n) is 1.34. The van der Waals surface area contributed by atoms with E-state index >= 15 is 0 Å². The lowest BCUT2D eigenvalue weighted by Crippen LogP contribution is -2.43. The molecule has 98 valence electrons. The van der Waals surface area contributed by atoms with E-state index in [0.717, 1.165) is 19.6 Å². The predicted octanol–water partition coefficient (Wildman–Crippen LogP) is 0.425. The summed E-state index contributed by atoms with van der Waals surface area (Å²) in [6.45, 7) is 4.99. The quantitative estimate of drug-likeness (QED) is 0.339. The van der Waals surface area contributed by atoms with E-state index in [1.54, 1.807) is 0 Å². The van der Waals surface area contributed by atoms with Gasteiger partial charge in [0, 0.05) is 18.8 Å². The molecule has 0 saturated carbocycles. The van der Waals surface area contributed by atoms with Crippen molar-refractivity contribution in [2.45, 2.75) is 19.8 Å². The first-order valence-electron chi connectivity index (χ1n) is 5.60. The van der Waals surface area contributed by atoms with Crippen LogP contribution in [0.2, 0.25) is 0 Å². The molecule has 0 spiro atoms. The van der Waals surface area contributed by atoms with Crippen LogP contribution < -0.4 is 0 Å². The number of likely N-dealkylation sites (N-methyl/N-ethyl adjacent to an activating group) is 1. The van der Waals surface area contributed by atoms with Gasteiger partial charge in [-0.05, 0) is 6.42 Å². The molecule has 0 atom stereocenters. The molecule has 0 aliphatic rings. The third kappa shape index (κ3) is 10.4. The predicted molar refractivity (Wildman–Crippen MR) is 62.1 cm³/mol. The number of hydrogen-bond acceptors (Lipinski definition) is 4. The van der Waals surface area contributed by atoms with Crippen LogP contribution >= 0.6 is 0 Å². The minimum Gasteiger partial charge on any atom is -0.748 e. The summed E-state index contributed by atoms with van der Waals surface area (Å²) in [5.74, 6) is -0.273. The van der Waals surface area contributed by atoms with E-state index in [2.05, 4.69) is 6.92 Å². The third-order valence-electron chi connectivity index (χ3n) is 2.35. The van der Waals surface area contributed by atoms with Gasteiger partial charge in [-0.2, -0.15) is 0 Å². The molecule has 0 N–H and O–H groups in total. The Morgan fingerprint density at radius 2 is 1.81 bits per heavy atom. The van der Waals surface area contributed by atoms with Crippen LogP contribution in [0, 0.1) is 0 Å². The van der Waals surface area contributed by atoms with Crippen LogP contribution in [0.4, 0.5) is 0 Å². The zero-order valence-corrected chi connectivity index (χ0v) is 11.3. The van der Waals surface area contributed by atoms with E-state index in [-0.39, 0.29) is 5.75 Å². The van der Waals surface area contributed by atoms with Crippen molar-refractivity contribution in [1.29, 1.82) is 0 Å². The molecule has 0 aromatic heterocycles. The van der Waals surface area contributed by atoms with Crippen molar-refractivity contribution < 1.29 is 22.2 Å². The lowest BCUT2D eigenvalue weighted by molar-refractivity contribution is -0.890. The van der Waals surface area contributed by atoms with Crippen LogP contribution in [0.15, 0.2) is 0 Å². The Labute approximate surface area is 98.7 Å². The van der Waals surface area contributed by atoms with Gasteiger partial charge in [-0.25, -0.2) is 8.42 Å². The number of nitrogens with zero attached hydrogens (tertiary/aromatic N) is 1. The van der Waals surface area contributed by atoms with Crippen molar-refractivity contribution in [1.82, 2.24) is 0 Å². The summed E-state index contributed by atoms with van der Waals surface area (Å²) in [6.07, 6.45) is 1.41. The minimum absolute atomic E-state index is 0.273. The molecular weight excluding hydrogens is 230 g/mol. The van der Waals surface area contributed by atoms with E-state index in [4.69, 9.17) is 4.74 Å². The lowest BCUT2D eigenvalue weighted by atomic mass is 10.3. The van der Waals surface area contributed by atoms with E-state index in [9.17, 15) is 13.0 Å². The van der Waals surface area contributed by atoms with Crippen LogP contribution in [0.1, 0.15) is 19.8 Å². The standard InChI is InChI=1S/C10H23NO4S/c1-4-8-15-9-7-11(2,3)6-5-10-16(12,13)14/h4-10H2,1-3H3. The van der Waals surface area contributed by atoms with E-state index in [1.807, 2.05) is 14.1 Å². The van der Waals surface area contributed by atoms with Crippen molar-refractivity contribution in [2.75, 3.05) is 46.2 Å². The normalized spacial score (nSPS) is 13.0. The van der Waals surface area contributed by atoms with Gasteiger partial charge < -0.3 is 13.8 Å². The zero-order valence-electron chi connectivity index (χ0n) is 10.4. The first-order valence-corrected chi connectivity index (χ1v) is 7.18. The van der Waals surface area contributed by atoms with Crippen molar-refractivity contribution >= 4 is 10.1 Å². The molecule has 0 radical (unpaired) electrons. The van der Waals surface area contributed by atoms with Crippen molar-refractivity contribution in [3.8, 4) is 0 Å². The van der Waals surface area contributed by atoms with Crippen molar-refractivity contribution in [2.24, 2.45) is 0 Å². The first kappa shape index (κ1) is 15.8. The van der Waals surface area contributed by atoms with Crippen molar-refractivity contribution in [3.05, 3.63) is 0 Å². The first-order chi connectivity index (χ1) is 7.27. The van der Waals surface area contributed by atoms with Crippen LogP contribution in [0.5, 0.6) is 0 Å². The number of quaternary nitrogens is 1. The topological polar surface area (TPSA) is 66.4 Å². The molecule has 0 saturated heterocycles. The summed E-state index contributed by atoms with van der Waals surface area (Å²) in [4.78, 5) is 0. The van der Waals surface area contributed by atoms with Crippen molar-refractivity contribution in [3.63, 3.8) is 0 Å². The minimum atomic E-state index is -4.07. The molecule has 6 heteroatoms. The Morgan fingerprint density at radius 3 is 2.31 bits per heavy atom. The van der Waals surface area contributed by atoms with Gasteiger partial charge in [0.25, 0.3) is 0 Å². The smallest absolute Gasteiger partial charge is 0.102 e. The highest BCUT2D eigenvalue weighted by molar-refractivity contribution is 7.85. The summed E-state index contributed by atoms with van der Waals surface area (Å²) in [7, 11) is -0.0536. The Balaban J connectivity index is 3.70. The molecule has 0 aromatic rings. The number of ether oxygens (including phenoxy) is 1. The fraction of sp³-hybridized carbons (Fsp3) is 1.00. The van der Waals surface area contributed by atoms with Gasteiger partial charge in [-0.3, -0.25) is 0 Å². The molecule has 0 unspecified atom stereocenters. The molecule has 0 fully saturated rings. The second-order valence-electron chi connectivity index (χ2n) is 4.61. The highest BCUT2D eigenvalue weighted by atomic mass is 32.2. The van der Waals surface area contributed by atoms with Crippen LogP contribution in [-0.2, 0) is 14.9 Å². The maximum atomic E-state index is 10.4. The van der Waals surface area contributed by atoms with Crippen LogP contribution in [0.25, 0.3) is 0 Å². The molecule has 16 heavy (non-hydrogen) atoms. The van der Waals surface area contributed by atoms with Gasteiger partial charge in [0.1, 0.15) is 6.54 Å². The molecule has 5 nitrogen and oxygen atoms in total. The maximum absolute atomic E-state index is 10.4. The largest absolute Gasteiger partial charge is 0.748 e. The SMILES string of the molecule is CCCOCC[N+](C)(C)CCCS(=O)(=O)[O-]. The molecule has 0 aliphatic heterocycles. The van der Waals surface area contributed by atoms with E-state index < -0.39 is 10.1 Å². The summed E-state index contributed by atoms with van der Waals surface area (Å²) in [6, 6.07) is 0. The average molecular weight is 253 g/mol. The molecule has 0 amide bonds. The fourth-order valence-corrected chi connectivity index (χ4v) is 1.82. The van der Waals surface area contributed by atoms with Crippen LogP contribution in [-0.4, -0.2) is 63.6 Å². The van der Waals surface area contributed by atoms with Gasteiger partial charge >= 0.3 is 0 Å². The second kappa shape index (κ2) is 7.21. The Kier molecular flexibility index (Phi) is 7.14. The molecule has 0 rings (SSSR count). The molecular formula is C10H23NO4S. The molecule has 0 bridgehead atoms. The Bertz CT molecular complexity index is 275. The van der Waals surface area contributed by atoms with Gasteiger partial charge in [0.15, 0.2) is 0 Å². The van der Waals surface area contributed by atoms with E-state index in [0.29, 0.717) is 24.1 Å². The number of hydrogen-bond donors (Lipinski definition) is 0. The Morgan fingerprint density at radius 1 is 1.19 bits per heavy atom. The number of rotatable bonds is 9. The van der Waals surface area contributed by atoms with Gasteiger partial charge in [-0.15, -0.1) is 0 Å². The molecule has 0 aliphatic carbocycles. The summed E-state index contributed by atoms with van der Waals surface area (Å²) in [5, 5.41) is 0. The summed E-state index contributed by atoms with van der Waals surface area (Å²) < 4.78 is 37.3. The molecule has 0 aromatic carbocycles. The van der Waals surface area contributed by atoms with E-state index in [1.165, 1.54) is 0 Å². The summed E-state index contributed by atoms with van der Waals surface area (Å²) in [5.41, 5.74) is 0. The monoisotopic (exact) mass is 253 g/mol. The maximum Gasteiger partial charge on any atom is 0.102 e. The second-order valence-corrected chi connectivity index (χ2v) is 6.13. The van der Waals surface area contributed by atoms with Gasteiger partial charge in [0.05, 0.1) is 37.4 Å². The summed E-state index contributed by atoms with van der Waals surface area (Å²) >= 11 is 0. The lowest BCUT2D eigenvalue weighted by Gasteiger charge is -2.29. The molecule has 0 heterocycles. The van der Waals surface area contributed by atoms with Gasteiger partial charge in [0.2, 0.25) is 0 Å². The highest BCUT2D eigenvalue weighted by Crippen LogP contribution is 2.01. The highest BCUT2D eigenvalue weighted by Gasteiger charge is 2.14. The average Bonchev–Trinajstić information content (AvgIpc) is 2.10. The Hall–Kier alpha value is -0.170. The van der Waals surface area contributed by atoms with Crippen LogP contribution in [0.3, 0.4) is 0 Å². The third-order valence-corrected chi connectivity index (χ3v) is 3.14. The van der Waals surface area contributed by atoms with Gasteiger partial charge in [-0.1, -0.05) is 6.92 Å². The zero-order chi connectivity index (χ0) is 12.7.